The molecule has 0 spiro atoms. The molecule has 0 aliphatic heterocycles. The molecule has 21 heavy (non-hydrogen) atoms. The van der Waals surface area contributed by atoms with E-state index in [4.69, 9.17) is 10.00 Å². The van der Waals surface area contributed by atoms with Gasteiger partial charge in [0.15, 0.2) is 6.10 Å². The van der Waals surface area contributed by atoms with Crippen LogP contribution in [0.15, 0.2) is 24.3 Å². The lowest BCUT2D eigenvalue weighted by Gasteiger charge is -2.21. The Hall–Kier alpha value is -2.55. The predicted octanol–water partition coefficient (Wildman–Crippen LogP) is 1.95. The number of nitrogens with zero attached hydrogens (tertiary/aromatic N) is 1. The third-order valence-corrected chi connectivity index (χ3v) is 2.39. The molecule has 0 heterocycles. The predicted molar refractivity (Wildman–Crippen MR) is 77.7 cm³/mol. The van der Waals surface area contributed by atoms with Crippen molar-refractivity contribution in [2.24, 2.45) is 0 Å². The first kappa shape index (κ1) is 16.5. The van der Waals surface area contributed by atoms with Gasteiger partial charge in [0.2, 0.25) is 0 Å². The zero-order valence-corrected chi connectivity index (χ0v) is 12.6. The van der Waals surface area contributed by atoms with Gasteiger partial charge in [-0.15, -0.1) is 0 Å². The number of ether oxygens (including phenoxy) is 1. The molecule has 0 unspecified atom stereocenters. The molecule has 0 bridgehead atoms. The summed E-state index contributed by atoms with van der Waals surface area (Å²) in [6.07, 6.45) is -0.830. The first-order valence-electron chi connectivity index (χ1n) is 6.51. The summed E-state index contributed by atoms with van der Waals surface area (Å²) in [5.74, 6) is -0.0889. The van der Waals surface area contributed by atoms with Gasteiger partial charge in [0.05, 0.1) is 11.6 Å². The Bertz CT molecular complexity index is 553. The molecule has 0 saturated heterocycles. The summed E-state index contributed by atoms with van der Waals surface area (Å²) in [6, 6.07) is 7.79. The number of nitriles is 1. The molecule has 112 valence electrons. The number of carbonyl (C=O) groups excluding carboxylic acids is 2. The molecular formula is C15H19N3O3. The van der Waals surface area contributed by atoms with Gasteiger partial charge in [0.25, 0.3) is 5.91 Å². The van der Waals surface area contributed by atoms with Crippen molar-refractivity contribution in [3.05, 3.63) is 29.8 Å². The summed E-state index contributed by atoms with van der Waals surface area (Å²) in [6.45, 7) is 6.98. The summed E-state index contributed by atoms with van der Waals surface area (Å²) >= 11 is 0. The second-order valence-corrected chi connectivity index (χ2v) is 5.59. The lowest BCUT2D eigenvalue weighted by Crippen LogP contribution is -2.50. The molecule has 1 rings (SSSR count). The van der Waals surface area contributed by atoms with Crippen LogP contribution in [0.5, 0.6) is 5.75 Å². The first-order chi connectivity index (χ1) is 9.71. The van der Waals surface area contributed by atoms with Crippen LogP contribution in [0.1, 0.15) is 33.3 Å². The van der Waals surface area contributed by atoms with Crippen LogP contribution in [0.25, 0.3) is 0 Å². The molecular weight excluding hydrogens is 270 g/mol. The van der Waals surface area contributed by atoms with E-state index in [-0.39, 0.29) is 0 Å². The molecule has 6 nitrogen and oxygen atoms in total. The van der Waals surface area contributed by atoms with Crippen LogP contribution in [-0.4, -0.2) is 23.6 Å². The summed E-state index contributed by atoms with van der Waals surface area (Å²) in [7, 11) is 0. The maximum atomic E-state index is 11.8. The van der Waals surface area contributed by atoms with Gasteiger partial charge in [-0.05, 0) is 52.0 Å². The van der Waals surface area contributed by atoms with Crippen molar-refractivity contribution in [2.75, 3.05) is 0 Å². The molecule has 0 radical (unpaired) electrons. The van der Waals surface area contributed by atoms with Crippen molar-refractivity contribution >= 4 is 11.9 Å². The highest BCUT2D eigenvalue weighted by atomic mass is 16.5. The Morgan fingerprint density at radius 2 is 1.81 bits per heavy atom. The van der Waals surface area contributed by atoms with Gasteiger partial charge in [-0.25, -0.2) is 4.79 Å². The van der Waals surface area contributed by atoms with Crippen LogP contribution in [-0.2, 0) is 4.79 Å². The maximum Gasteiger partial charge on any atom is 0.321 e. The molecule has 6 heteroatoms. The van der Waals surface area contributed by atoms with E-state index < -0.39 is 23.6 Å². The Labute approximate surface area is 124 Å². The molecule has 0 aliphatic carbocycles. The van der Waals surface area contributed by atoms with E-state index in [9.17, 15) is 9.59 Å². The van der Waals surface area contributed by atoms with Crippen molar-refractivity contribution in [2.45, 2.75) is 39.3 Å². The molecule has 1 aromatic rings. The van der Waals surface area contributed by atoms with E-state index in [1.807, 2.05) is 26.8 Å². The molecule has 2 N–H and O–H groups in total. The monoisotopic (exact) mass is 289 g/mol. The number of urea groups is 1. The van der Waals surface area contributed by atoms with Crippen molar-refractivity contribution in [3.8, 4) is 11.8 Å². The van der Waals surface area contributed by atoms with Crippen molar-refractivity contribution in [1.29, 1.82) is 5.26 Å². The van der Waals surface area contributed by atoms with Crippen LogP contribution >= 0.6 is 0 Å². The van der Waals surface area contributed by atoms with Gasteiger partial charge in [-0.3, -0.25) is 10.1 Å². The Morgan fingerprint density at radius 1 is 1.24 bits per heavy atom. The highest BCUT2D eigenvalue weighted by molar-refractivity contribution is 5.96. The maximum absolute atomic E-state index is 11.8. The molecule has 0 saturated carbocycles. The van der Waals surface area contributed by atoms with E-state index in [0.29, 0.717) is 11.3 Å². The number of benzene rings is 1. The highest BCUT2D eigenvalue weighted by Crippen LogP contribution is 2.13. The number of rotatable bonds is 3. The topological polar surface area (TPSA) is 91.2 Å². The highest BCUT2D eigenvalue weighted by Gasteiger charge is 2.20. The van der Waals surface area contributed by atoms with Gasteiger partial charge < -0.3 is 10.1 Å². The van der Waals surface area contributed by atoms with Crippen LogP contribution in [0.3, 0.4) is 0 Å². The molecule has 1 atom stereocenters. The van der Waals surface area contributed by atoms with Crippen LogP contribution in [0.2, 0.25) is 0 Å². The number of carbonyl (C=O) groups is 2. The first-order valence-corrected chi connectivity index (χ1v) is 6.51. The summed E-state index contributed by atoms with van der Waals surface area (Å²) in [5.41, 5.74) is 0.0747. The third kappa shape index (κ3) is 5.95. The zero-order chi connectivity index (χ0) is 16.0. The van der Waals surface area contributed by atoms with Crippen molar-refractivity contribution < 1.29 is 14.3 Å². The SMILES string of the molecule is C[C@@H](Oc1ccc(C#N)cc1)C(=O)NC(=O)NC(C)(C)C. The van der Waals surface area contributed by atoms with Crippen LogP contribution in [0, 0.1) is 11.3 Å². The van der Waals surface area contributed by atoms with Gasteiger partial charge in [0, 0.05) is 5.54 Å². The minimum atomic E-state index is -0.830. The number of amides is 3. The Kier molecular flexibility index (Phi) is 5.30. The quantitative estimate of drug-likeness (QED) is 0.889. The van der Waals surface area contributed by atoms with E-state index in [1.54, 1.807) is 24.3 Å². The molecule has 1 aromatic carbocycles. The summed E-state index contributed by atoms with van der Waals surface area (Å²) < 4.78 is 5.41. The van der Waals surface area contributed by atoms with Gasteiger partial charge in [0.1, 0.15) is 5.75 Å². The summed E-state index contributed by atoms with van der Waals surface area (Å²) in [5, 5.41) is 13.5. The Morgan fingerprint density at radius 3 is 2.29 bits per heavy atom. The standard InChI is InChI=1S/C15H19N3O3/c1-10(13(19)17-14(20)18-15(2,3)4)21-12-7-5-11(9-16)6-8-12/h5-8,10H,1-4H3,(H2,17,18,19,20)/t10-/m1/s1. The third-order valence-electron chi connectivity index (χ3n) is 2.39. The van der Waals surface area contributed by atoms with Gasteiger partial charge >= 0.3 is 6.03 Å². The van der Waals surface area contributed by atoms with Crippen LogP contribution in [0.4, 0.5) is 4.79 Å². The van der Waals surface area contributed by atoms with E-state index in [0.717, 1.165) is 0 Å². The largest absolute Gasteiger partial charge is 0.481 e. The van der Waals surface area contributed by atoms with E-state index in [1.165, 1.54) is 6.92 Å². The van der Waals surface area contributed by atoms with Gasteiger partial charge in [-0.1, -0.05) is 0 Å². The number of hydrogen-bond donors (Lipinski definition) is 2. The zero-order valence-electron chi connectivity index (χ0n) is 12.6. The minimum Gasteiger partial charge on any atom is -0.481 e. The lowest BCUT2D eigenvalue weighted by molar-refractivity contribution is -0.126. The minimum absolute atomic E-state index is 0.429. The molecule has 3 amide bonds. The number of hydrogen-bond acceptors (Lipinski definition) is 4. The van der Waals surface area contributed by atoms with Crippen molar-refractivity contribution in [1.82, 2.24) is 10.6 Å². The molecule has 0 aromatic heterocycles. The average molecular weight is 289 g/mol. The molecule has 0 aliphatic rings. The van der Waals surface area contributed by atoms with E-state index >= 15 is 0 Å². The van der Waals surface area contributed by atoms with Crippen LogP contribution < -0.4 is 15.4 Å². The number of imide groups is 1. The van der Waals surface area contributed by atoms with Crippen molar-refractivity contribution in [3.63, 3.8) is 0 Å². The average Bonchev–Trinajstić information content (AvgIpc) is 2.37. The Balaban J connectivity index is 2.54. The summed E-state index contributed by atoms with van der Waals surface area (Å²) in [4.78, 5) is 23.4. The normalized spacial score (nSPS) is 12.0. The number of nitrogens with one attached hydrogen (secondary N) is 2. The fraction of sp³-hybridized carbons (Fsp3) is 0.400. The smallest absolute Gasteiger partial charge is 0.321 e. The molecule has 0 fully saturated rings. The second kappa shape index (κ2) is 6.75. The van der Waals surface area contributed by atoms with E-state index in [2.05, 4.69) is 10.6 Å². The fourth-order valence-corrected chi connectivity index (χ4v) is 1.45. The lowest BCUT2D eigenvalue weighted by atomic mass is 10.1. The fourth-order valence-electron chi connectivity index (χ4n) is 1.45. The van der Waals surface area contributed by atoms with Gasteiger partial charge in [-0.2, -0.15) is 5.26 Å². The second-order valence-electron chi connectivity index (χ2n) is 5.59.